The van der Waals surface area contributed by atoms with E-state index >= 15 is 0 Å². The van der Waals surface area contributed by atoms with Crippen LogP contribution >= 0.6 is 23.1 Å². The monoisotopic (exact) mass is 230 g/mol. The zero-order chi connectivity index (χ0) is 10.4. The second-order valence-electron chi connectivity index (χ2n) is 3.36. The van der Waals surface area contributed by atoms with E-state index in [0.717, 1.165) is 23.3 Å². The summed E-state index contributed by atoms with van der Waals surface area (Å²) in [6.45, 7) is 6.37. The number of nitrogens with one attached hydrogen (secondary N) is 1. The standard InChI is InChI=1S/C10H18N2S2/c1-8(13-3)4-5-11-6-10-7-12-9(2)14-10/h7-8,11H,4-6H2,1-3H3. The number of nitrogens with zero attached hydrogens (tertiary/aromatic N) is 1. The van der Waals surface area contributed by atoms with Crippen molar-refractivity contribution in [1.29, 1.82) is 0 Å². The summed E-state index contributed by atoms with van der Waals surface area (Å²) in [5.41, 5.74) is 0. The molecule has 1 rings (SSSR count). The van der Waals surface area contributed by atoms with E-state index in [1.165, 1.54) is 11.3 Å². The van der Waals surface area contributed by atoms with Crippen molar-refractivity contribution in [2.75, 3.05) is 12.8 Å². The average Bonchev–Trinajstić information content (AvgIpc) is 2.58. The third kappa shape index (κ3) is 4.44. The van der Waals surface area contributed by atoms with Crippen LogP contribution in [0.5, 0.6) is 0 Å². The van der Waals surface area contributed by atoms with Crippen LogP contribution in [0.4, 0.5) is 0 Å². The second-order valence-corrected chi connectivity index (χ2v) is 5.95. The molecular weight excluding hydrogens is 212 g/mol. The van der Waals surface area contributed by atoms with Gasteiger partial charge in [-0.25, -0.2) is 4.98 Å². The smallest absolute Gasteiger partial charge is 0.0897 e. The fraction of sp³-hybridized carbons (Fsp3) is 0.700. The SMILES string of the molecule is CSC(C)CCNCc1cnc(C)s1. The van der Waals surface area contributed by atoms with Gasteiger partial charge in [-0.15, -0.1) is 11.3 Å². The number of hydrogen-bond acceptors (Lipinski definition) is 4. The Morgan fingerprint density at radius 3 is 3.00 bits per heavy atom. The minimum Gasteiger partial charge on any atom is -0.312 e. The Kier molecular flexibility index (Phi) is 5.52. The van der Waals surface area contributed by atoms with Crippen LogP contribution in [0.1, 0.15) is 23.2 Å². The van der Waals surface area contributed by atoms with Gasteiger partial charge in [0.1, 0.15) is 0 Å². The van der Waals surface area contributed by atoms with Gasteiger partial charge in [0, 0.05) is 22.9 Å². The van der Waals surface area contributed by atoms with Crippen molar-refractivity contribution < 1.29 is 0 Å². The van der Waals surface area contributed by atoms with Gasteiger partial charge in [-0.05, 0) is 26.1 Å². The first-order valence-corrected chi connectivity index (χ1v) is 6.97. The molecule has 0 saturated heterocycles. The highest BCUT2D eigenvalue weighted by Gasteiger charge is 2.00. The van der Waals surface area contributed by atoms with E-state index in [-0.39, 0.29) is 0 Å². The Morgan fingerprint density at radius 2 is 2.43 bits per heavy atom. The minimum absolute atomic E-state index is 0.755. The molecule has 14 heavy (non-hydrogen) atoms. The third-order valence-electron chi connectivity index (χ3n) is 2.10. The number of aryl methyl sites for hydroxylation is 1. The maximum absolute atomic E-state index is 4.22. The van der Waals surface area contributed by atoms with Crippen molar-refractivity contribution in [2.24, 2.45) is 0 Å². The molecule has 1 N–H and O–H groups in total. The topological polar surface area (TPSA) is 24.9 Å². The summed E-state index contributed by atoms with van der Waals surface area (Å²) in [6.07, 6.45) is 5.36. The Hall–Kier alpha value is -0.0600. The maximum atomic E-state index is 4.22. The molecule has 0 aliphatic rings. The zero-order valence-corrected chi connectivity index (χ0v) is 10.7. The molecule has 0 aliphatic carbocycles. The Morgan fingerprint density at radius 1 is 1.64 bits per heavy atom. The fourth-order valence-corrected chi connectivity index (χ4v) is 2.24. The van der Waals surface area contributed by atoms with Crippen LogP contribution in [-0.4, -0.2) is 23.0 Å². The van der Waals surface area contributed by atoms with Gasteiger partial charge < -0.3 is 5.32 Å². The van der Waals surface area contributed by atoms with Crippen LogP contribution < -0.4 is 5.32 Å². The van der Waals surface area contributed by atoms with Gasteiger partial charge in [0.05, 0.1) is 5.01 Å². The molecule has 0 aliphatic heterocycles. The van der Waals surface area contributed by atoms with E-state index in [1.54, 1.807) is 11.3 Å². The molecule has 80 valence electrons. The lowest BCUT2D eigenvalue weighted by Crippen LogP contribution is -2.16. The van der Waals surface area contributed by atoms with Gasteiger partial charge in [0.25, 0.3) is 0 Å². The van der Waals surface area contributed by atoms with E-state index in [0.29, 0.717) is 0 Å². The lowest BCUT2D eigenvalue weighted by molar-refractivity contribution is 0.652. The van der Waals surface area contributed by atoms with Crippen LogP contribution in [0, 0.1) is 6.92 Å². The van der Waals surface area contributed by atoms with Crippen molar-refractivity contribution in [3.05, 3.63) is 16.1 Å². The van der Waals surface area contributed by atoms with Crippen molar-refractivity contribution in [1.82, 2.24) is 10.3 Å². The summed E-state index contributed by atoms with van der Waals surface area (Å²) in [5, 5.41) is 5.34. The zero-order valence-electron chi connectivity index (χ0n) is 9.04. The van der Waals surface area contributed by atoms with Crippen LogP contribution in [0.3, 0.4) is 0 Å². The highest BCUT2D eigenvalue weighted by molar-refractivity contribution is 7.99. The number of hydrogen-bond donors (Lipinski definition) is 1. The molecule has 0 fully saturated rings. The maximum Gasteiger partial charge on any atom is 0.0897 e. The first kappa shape index (κ1) is 12.0. The summed E-state index contributed by atoms with van der Waals surface area (Å²) in [7, 11) is 0. The number of thiazole rings is 1. The summed E-state index contributed by atoms with van der Waals surface area (Å²) in [5.74, 6) is 0. The molecule has 1 heterocycles. The van der Waals surface area contributed by atoms with Gasteiger partial charge in [0.15, 0.2) is 0 Å². The Labute approximate surface area is 94.5 Å². The lowest BCUT2D eigenvalue weighted by atomic mass is 10.3. The molecule has 0 radical (unpaired) electrons. The van der Waals surface area contributed by atoms with Gasteiger partial charge in [-0.2, -0.15) is 11.8 Å². The first-order valence-electron chi connectivity index (χ1n) is 4.87. The summed E-state index contributed by atoms with van der Waals surface area (Å²) in [4.78, 5) is 5.55. The van der Waals surface area contributed by atoms with Gasteiger partial charge in [-0.3, -0.25) is 0 Å². The van der Waals surface area contributed by atoms with Crippen molar-refractivity contribution in [3.63, 3.8) is 0 Å². The summed E-state index contributed by atoms with van der Waals surface area (Å²) in [6, 6.07) is 0. The third-order valence-corrected chi connectivity index (χ3v) is 4.05. The van der Waals surface area contributed by atoms with E-state index in [4.69, 9.17) is 0 Å². The number of thioether (sulfide) groups is 1. The van der Waals surface area contributed by atoms with Crippen molar-refractivity contribution in [3.8, 4) is 0 Å². The Balaban J connectivity index is 2.10. The molecule has 1 aromatic heterocycles. The molecule has 1 atom stereocenters. The van der Waals surface area contributed by atoms with Gasteiger partial charge in [-0.1, -0.05) is 6.92 Å². The highest BCUT2D eigenvalue weighted by Crippen LogP contribution is 2.11. The molecule has 0 spiro atoms. The molecule has 0 bridgehead atoms. The van der Waals surface area contributed by atoms with Gasteiger partial charge in [0.2, 0.25) is 0 Å². The molecule has 0 aromatic carbocycles. The predicted molar refractivity (Wildman–Crippen MR) is 66.2 cm³/mol. The van der Waals surface area contributed by atoms with Gasteiger partial charge >= 0.3 is 0 Å². The van der Waals surface area contributed by atoms with Crippen LogP contribution in [0.2, 0.25) is 0 Å². The van der Waals surface area contributed by atoms with E-state index in [9.17, 15) is 0 Å². The van der Waals surface area contributed by atoms with E-state index < -0.39 is 0 Å². The van der Waals surface area contributed by atoms with Crippen LogP contribution in [0.15, 0.2) is 6.20 Å². The molecule has 1 unspecified atom stereocenters. The van der Waals surface area contributed by atoms with E-state index in [2.05, 4.69) is 23.5 Å². The Bertz CT molecular complexity index is 260. The summed E-state index contributed by atoms with van der Waals surface area (Å²) < 4.78 is 0. The molecule has 0 amide bonds. The fourth-order valence-electron chi connectivity index (χ4n) is 1.12. The number of aromatic nitrogens is 1. The normalized spacial score (nSPS) is 13.1. The molecule has 1 aromatic rings. The second kappa shape index (κ2) is 6.43. The largest absolute Gasteiger partial charge is 0.312 e. The van der Waals surface area contributed by atoms with Crippen molar-refractivity contribution >= 4 is 23.1 Å². The minimum atomic E-state index is 0.755. The van der Waals surface area contributed by atoms with Crippen LogP contribution in [0.25, 0.3) is 0 Å². The lowest BCUT2D eigenvalue weighted by Gasteiger charge is -2.07. The van der Waals surface area contributed by atoms with E-state index in [1.807, 2.05) is 24.9 Å². The molecule has 4 heteroatoms. The average molecular weight is 230 g/mol. The number of rotatable bonds is 6. The highest BCUT2D eigenvalue weighted by atomic mass is 32.2. The van der Waals surface area contributed by atoms with Crippen LogP contribution in [-0.2, 0) is 6.54 Å². The van der Waals surface area contributed by atoms with Crippen molar-refractivity contribution in [2.45, 2.75) is 32.1 Å². The summed E-state index contributed by atoms with van der Waals surface area (Å²) >= 11 is 3.70. The quantitative estimate of drug-likeness (QED) is 0.761. The first-order chi connectivity index (χ1) is 6.72. The molecule has 0 saturated carbocycles. The molecule has 2 nitrogen and oxygen atoms in total. The molecular formula is C10H18N2S2. The predicted octanol–water partition coefficient (Wildman–Crippen LogP) is 2.68.